The van der Waals surface area contributed by atoms with Crippen LogP contribution in [0.3, 0.4) is 0 Å². The van der Waals surface area contributed by atoms with Gasteiger partial charge in [-0.2, -0.15) is 0 Å². The Morgan fingerprint density at radius 1 is 1.09 bits per heavy atom. The van der Waals surface area contributed by atoms with Crippen LogP contribution in [0.5, 0.6) is 0 Å². The first-order chi connectivity index (χ1) is 14.9. The van der Waals surface area contributed by atoms with Crippen molar-refractivity contribution < 1.29 is 10.2 Å². The molecule has 0 aromatic heterocycles. The third kappa shape index (κ3) is 3.34. The fraction of sp³-hybridized carbons (Fsp3) is 0.800. The van der Waals surface area contributed by atoms with Gasteiger partial charge in [-0.1, -0.05) is 65.3 Å². The molecule has 2 nitrogen and oxygen atoms in total. The monoisotopic (exact) mass is 440 g/mol. The van der Waals surface area contributed by atoms with Crippen LogP contribution in [0.4, 0.5) is 0 Å². The maximum absolute atomic E-state index is 10.8. The van der Waals surface area contributed by atoms with Crippen molar-refractivity contribution in [2.45, 2.75) is 106 Å². The Hall–Kier alpha value is -0.860. The predicted molar refractivity (Wildman–Crippen MR) is 134 cm³/mol. The standard InChI is InChI=1S/C30H48O2/c1-20(19-31)9-8-10-21(2)22-13-17-30(7)24-11-12-25-27(3,4)26(32)15-16-28(25,5)23(24)14-18-29(22,30)6/h9,11,14,21-22,25-26,31-32H,8,10,12-13,15-19H2,1-7H3. The van der Waals surface area contributed by atoms with Gasteiger partial charge >= 0.3 is 0 Å². The lowest BCUT2D eigenvalue weighted by atomic mass is 9.44. The molecule has 0 aromatic rings. The molecular weight excluding hydrogens is 392 g/mol. The van der Waals surface area contributed by atoms with Crippen LogP contribution in [0.15, 0.2) is 34.9 Å². The molecule has 7 atom stereocenters. The molecule has 180 valence electrons. The molecule has 0 radical (unpaired) electrons. The highest BCUT2D eigenvalue weighted by Crippen LogP contribution is 2.71. The van der Waals surface area contributed by atoms with Crippen LogP contribution in [0.1, 0.15) is 99.8 Å². The summed E-state index contributed by atoms with van der Waals surface area (Å²) in [5.41, 5.74) is 5.18. The predicted octanol–water partition coefficient (Wildman–Crippen LogP) is 7.23. The maximum Gasteiger partial charge on any atom is 0.0639 e. The third-order valence-electron chi connectivity index (χ3n) is 11.3. The van der Waals surface area contributed by atoms with E-state index in [1.165, 1.54) is 25.7 Å². The molecule has 0 heterocycles. The van der Waals surface area contributed by atoms with Crippen LogP contribution >= 0.6 is 0 Å². The number of aliphatic hydroxyl groups excluding tert-OH is 2. The van der Waals surface area contributed by atoms with Gasteiger partial charge in [0.1, 0.15) is 0 Å². The van der Waals surface area contributed by atoms with Crippen LogP contribution in [0.25, 0.3) is 0 Å². The Morgan fingerprint density at radius 2 is 1.81 bits per heavy atom. The Morgan fingerprint density at radius 3 is 2.50 bits per heavy atom. The van der Waals surface area contributed by atoms with Crippen molar-refractivity contribution in [3.05, 3.63) is 34.9 Å². The number of hydrogen-bond acceptors (Lipinski definition) is 2. The molecule has 2 fully saturated rings. The van der Waals surface area contributed by atoms with Crippen LogP contribution in [-0.4, -0.2) is 22.9 Å². The average molecular weight is 441 g/mol. The van der Waals surface area contributed by atoms with Crippen molar-refractivity contribution in [1.82, 2.24) is 0 Å². The molecule has 2 N–H and O–H groups in total. The molecule has 32 heavy (non-hydrogen) atoms. The van der Waals surface area contributed by atoms with Gasteiger partial charge in [-0.05, 0) is 109 Å². The lowest BCUT2D eigenvalue weighted by Gasteiger charge is -2.61. The minimum atomic E-state index is -0.180. The van der Waals surface area contributed by atoms with E-state index in [0.717, 1.165) is 37.2 Å². The summed E-state index contributed by atoms with van der Waals surface area (Å²) in [5.74, 6) is 1.99. The van der Waals surface area contributed by atoms with E-state index in [2.05, 4.69) is 59.8 Å². The van der Waals surface area contributed by atoms with Gasteiger partial charge in [0.25, 0.3) is 0 Å². The van der Waals surface area contributed by atoms with Gasteiger partial charge in [0.15, 0.2) is 0 Å². The van der Waals surface area contributed by atoms with Gasteiger partial charge in [-0.15, -0.1) is 0 Å². The van der Waals surface area contributed by atoms with Crippen LogP contribution in [0.2, 0.25) is 0 Å². The molecule has 7 unspecified atom stereocenters. The average Bonchev–Trinajstić information content (AvgIpc) is 3.02. The van der Waals surface area contributed by atoms with Gasteiger partial charge in [-0.3, -0.25) is 0 Å². The second kappa shape index (κ2) is 8.12. The Balaban J connectivity index is 1.63. The van der Waals surface area contributed by atoms with Gasteiger partial charge < -0.3 is 10.2 Å². The lowest BCUT2D eigenvalue weighted by molar-refractivity contribution is -0.0851. The molecule has 0 amide bonds. The molecular formula is C30H48O2. The summed E-state index contributed by atoms with van der Waals surface area (Å²) in [4.78, 5) is 0. The summed E-state index contributed by atoms with van der Waals surface area (Å²) in [5, 5.41) is 20.1. The largest absolute Gasteiger partial charge is 0.393 e. The Bertz CT molecular complexity index is 832. The van der Waals surface area contributed by atoms with Crippen LogP contribution in [0, 0.1) is 39.4 Å². The molecule has 4 rings (SSSR count). The number of aliphatic hydroxyl groups is 2. The molecule has 2 heteroatoms. The summed E-state index contributed by atoms with van der Waals surface area (Å²) in [6.07, 6.45) is 16.6. The fourth-order valence-corrected chi connectivity index (χ4v) is 8.80. The number of fused-ring (bicyclic) bond motifs is 5. The number of rotatable bonds is 5. The molecule has 0 aliphatic heterocycles. The minimum Gasteiger partial charge on any atom is -0.393 e. The van der Waals surface area contributed by atoms with E-state index in [-0.39, 0.29) is 29.0 Å². The molecule has 4 aliphatic rings. The van der Waals surface area contributed by atoms with E-state index in [1.54, 1.807) is 11.1 Å². The molecule has 0 spiro atoms. The Labute approximate surface area is 197 Å². The van der Waals surface area contributed by atoms with Crippen LogP contribution in [-0.2, 0) is 0 Å². The molecule has 0 saturated heterocycles. The topological polar surface area (TPSA) is 40.5 Å². The SMILES string of the molecule is CC(=CCCC(C)C1CCC2(C)C3=CCC4C(C)(CCC(O)C4(C)C)C3=CCC12C)CO. The van der Waals surface area contributed by atoms with E-state index in [4.69, 9.17) is 0 Å². The number of allylic oxidation sites excluding steroid dienone is 5. The summed E-state index contributed by atoms with van der Waals surface area (Å²) in [6.45, 7) is 17.0. The zero-order chi connectivity index (χ0) is 23.5. The summed E-state index contributed by atoms with van der Waals surface area (Å²) in [6, 6.07) is 0. The van der Waals surface area contributed by atoms with Crippen molar-refractivity contribution >= 4 is 0 Å². The van der Waals surface area contributed by atoms with E-state index in [1.807, 2.05) is 6.92 Å². The third-order valence-corrected chi connectivity index (χ3v) is 11.3. The van der Waals surface area contributed by atoms with Gasteiger partial charge in [-0.25, -0.2) is 0 Å². The van der Waals surface area contributed by atoms with Crippen molar-refractivity contribution in [3.8, 4) is 0 Å². The van der Waals surface area contributed by atoms with Gasteiger partial charge in [0, 0.05) is 0 Å². The second-order valence-electron chi connectivity index (χ2n) is 13.2. The van der Waals surface area contributed by atoms with E-state index >= 15 is 0 Å². The molecule has 0 aromatic carbocycles. The van der Waals surface area contributed by atoms with Gasteiger partial charge in [0.2, 0.25) is 0 Å². The van der Waals surface area contributed by atoms with E-state index in [0.29, 0.717) is 17.3 Å². The van der Waals surface area contributed by atoms with E-state index in [9.17, 15) is 10.2 Å². The van der Waals surface area contributed by atoms with E-state index < -0.39 is 0 Å². The maximum atomic E-state index is 10.8. The summed E-state index contributed by atoms with van der Waals surface area (Å²) < 4.78 is 0. The van der Waals surface area contributed by atoms with Crippen molar-refractivity contribution in [1.29, 1.82) is 0 Å². The van der Waals surface area contributed by atoms with Gasteiger partial charge in [0.05, 0.1) is 12.7 Å². The summed E-state index contributed by atoms with van der Waals surface area (Å²) in [7, 11) is 0. The quantitative estimate of drug-likeness (QED) is 0.443. The molecule has 0 bridgehead atoms. The second-order valence-corrected chi connectivity index (χ2v) is 13.2. The highest BCUT2D eigenvalue weighted by atomic mass is 16.3. The van der Waals surface area contributed by atoms with Crippen molar-refractivity contribution in [3.63, 3.8) is 0 Å². The first kappa shape index (κ1) is 24.3. The first-order valence-electron chi connectivity index (χ1n) is 13.3. The zero-order valence-electron chi connectivity index (χ0n) is 21.8. The smallest absolute Gasteiger partial charge is 0.0639 e. The molecule has 2 saturated carbocycles. The van der Waals surface area contributed by atoms with Crippen molar-refractivity contribution in [2.24, 2.45) is 39.4 Å². The Kier molecular flexibility index (Phi) is 6.16. The highest BCUT2D eigenvalue weighted by Gasteiger charge is 2.62. The molecule has 4 aliphatic carbocycles. The lowest BCUT2D eigenvalue weighted by Crippen LogP contribution is -2.54. The normalized spacial score (nSPS) is 44.2. The summed E-state index contributed by atoms with van der Waals surface area (Å²) >= 11 is 0. The minimum absolute atomic E-state index is 0.0233. The zero-order valence-corrected chi connectivity index (χ0v) is 21.8. The number of hydrogen-bond donors (Lipinski definition) is 2. The van der Waals surface area contributed by atoms with Crippen molar-refractivity contribution in [2.75, 3.05) is 6.61 Å². The highest BCUT2D eigenvalue weighted by molar-refractivity contribution is 5.49. The first-order valence-corrected chi connectivity index (χ1v) is 13.3. The van der Waals surface area contributed by atoms with Crippen LogP contribution < -0.4 is 0 Å². The fourth-order valence-electron chi connectivity index (χ4n) is 8.80.